The molecule has 17 heavy (non-hydrogen) atoms. The maximum absolute atomic E-state index is 11.7. The molecule has 0 radical (unpaired) electrons. The van der Waals surface area contributed by atoms with Gasteiger partial charge in [0, 0.05) is 18.0 Å². The second kappa shape index (κ2) is 6.74. The Kier molecular flexibility index (Phi) is 5.61. The SMILES string of the molecule is Cc1ccsc1CN(CCN(C)C)C(=O)CN. The fraction of sp³-hybridized carbons (Fsp3) is 0.583. The summed E-state index contributed by atoms with van der Waals surface area (Å²) in [6.45, 7) is 4.41. The molecule has 4 nitrogen and oxygen atoms in total. The van der Waals surface area contributed by atoms with Crippen LogP contribution in [0.3, 0.4) is 0 Å². The smallest absolute Gasteiger partial charge is 0.236 e. The highest BCUT2D eigenvalue weighted by molar-refractivity contribution is 7.10. The van der Waals surface area contributed by atoms with Gasteiger partial charge in [0.25, 0.3) is 0 Å². The molecule has 0 saturated carbocycles. The van der Waals surface area contributed by atoms with Gasteiger partial charge in [-0.15, -0.1) is 11.3 Å². The Morgan fingerprint density at radius 2 is 2.12 bits per heavy atom. The monoisotopic (exact) mass is 255 g/mol. The van der Waals surface area contributed by atoms with E-state index in [1.807, 2.05) is 19.0 Å². The van der Waals surface area contributed by atoms with Crippen molar-refractivity contribution in [2.24, 2.45) is 5.73 Å². The molecule has 0 aliphatic heterocycles. The number of hydrogen-bond donors (Lipinski definition) is 1. The Labute approximate surface area is 107 Å². The van der Waals surface area contributed by atoms with E-state index in [1.165, 1.54) is 10.4 Å². The Balaban J connectivity index is 2.63. The second-order valence-corrected chi connectivity index (χ2v) is 5.35. The highest BCUT2D eigenvalue weighted by Crippen LogP contribution is 2.17. The molecule has 0 saturated heterocycles. The Bertz CT molecular complexity index is 362. The third-order valence-corrected chi connectivity index (χ3v) is 3.65. The van der Waals surface area contributed by atoms with E-state index in [0.29, 0.717) is 6.54 Å². The average molecular weight is 255 g/mol. The van der Waals surface area contributed by atoms with Crippen LogP contribution in [0, 0.1) is 6.92 Å². The Hall–Kier alpha value is -0.910. The van der Waals surface area contributed by atoms with Crippen LogP contribution in [-0.2, 0) is 11.3 Å². The molecule has 1 aromatic heterocycles. The van der Waals surface area contributed by atoms with Crippen molar-refractivity contribution in [1.82, 2.24) is 9.80 Å². The van der Waals surface area contributed by atoms with Gasteiger partial charge in [0.15, 0.2) is 0 Å². The quantitative estimate of drug-likeness (QED) is 0.822. The zero-order chi connectivity index (χ0) is 12.8. The van der Waals surface area contributed by atoms with Crippen LogP contribution in [0.1, 0.15) is 10.4 Å². The van der Waals surface area contributed by atoms with E-state index in [4.69, 9.17) is 5.73 Å². The average Bonchev–Trinajstić information content (AvgIpc) is 2.68. The number of carbonyl (C=O) groups is 1. The van der Waals surface area contributed by atoms with Crippen LogP contribution < -0.4 is 5.73 Å². The van der Waals surface area contributed by atoms with Gasteiger partial charge in [0.2, 0.25) is 5.91 Å². The first kappa shape index (κ1) is 14.2. The topological polar surface area (TPSA) is 49.6 Å². The fourth-order valence-electron chi connectivity index (χ4n) is 1.48. The highest BCUT2D eigenvalue weighted by atomic mass is 32.1. The number of carbonyl (C=O) groups excluding carboxylic acids is 1. The van der Waals surface area contributed by atoms with Crippen LogP contribution in [-0.4, -0.2) is 49.4 Å². The lowest BCUT2D eigenvalue weighted by molar-refractivity contribution is -0.130. The van der Waals surface area contributed by atoms with Crippen LogP contribution in [0.2, 0.25) is 0 Å². The Morgan fingerprint density at radius 3 is 2.59 bits per heavy atom. The maximum Gasteiger partial charge on any atom is 0.236 e. The molecule has 0 fully saturated rings. The molecule has 2 N–H and O–H groups in total. The summed E-state index contributed by atoms with van der Waals surface area (Å²) in [6.07, 6.45) is 0. The third-order valence-electron chi connectivity index (χ3n) is 2.65. The van der Waals surface area contributed by atoms with Crippen LogP contribution in [0.25, 0.3) is 0 Å². The van der Waals surface area contributed by atoms with Crippen molar-refractivity contribution in [3.05, 3.63) is 21.9 Å². The molecule has 0 aliphatic carbocycles. The number of thiophene rings is 1. The van der Waals surface area contributed by atoms with Crippen LogP contribution >= 0.6 is 11.3 Å². The molecule has 0 aliphatic rings. The van der Waals surface area contributed by atoms with E-state index in [9.17, 15) is 4.79 Å². The summed E-state index contributed by atoms with van der Waals surface area (Å²) >= 11 is 1.69. The number of nitrogens with zero attached hydrogens (tertiary/aromatic N) is 2. The van der Waals surface area contributed by atoms with E-state index in [0.717, 1.165) is 13.1 Å². The molecule has 1 aromatic rings. The van der Waals surface area contributed by atoms with E-state index in [1.54, 1.807) is 11.3 Å². The molecular formula is C12H21N3OS. The lowest BCUT2D eigenvalue weighted by Gasteiger charge is -2.23. The van der Waals surface area contributed by atoms with Gasteiger partial charge in [-0.25, -0.2) is 0 Å². The van der Waals surface area contributed by atoms with Crippen LogP contribution in [0.4, 0.5) is 0 Å². The van der Waals surface area contributed by atoms with Gasteiger partial charge in [-0.05, 0) is 38.0 Å². The maximum atomic E-state index is 11.7. The first-order valence-electron chi connectivity index (χ1n) is 5.70. The summed E-state index contributed by atoms with van der Waals surface area (Å²) in [5.74, 6) is 0.0136. The summed E-state index contributed by atoms with van der Waals surface area (Å²) in [7, 11) is 4.00. The minimum absolute atomic E-state index is 0.0136. The van der Waals surface area contributed by atoms with Crippen molar-refractivity contribution in [3.8, 4) is 0 Å². The molecule has 5 heteroatoms. The lowest BCUT2D eigenvalue weighted by atomic mass is 10.2. The van der Waals surface area contributed by atoms with Gasteiger partial charge in [0.05, 0.1) is 13.1 Å². The van der Waals surface area contributed by atoms with Crippen molar-refractivity contribution in [2.75, 3.05) is 33.7 Å². The predicted molar refractivity (Wildman–Crippen MR) is 72.1 cm³/mol. The summed E-state index contributed by atoms with van der Waals surface area (Å²) in [6, 6.07) is 2.08. The van der Waals surface area contributed by atoms with E-state index >= 15 is 0 Å². The largest absolute Gasteiger partial charge is 0.335 e. The first-order chi connectivity index (χ1) is 8.04. The molecule has 0 bridgehead atoms. The van der Waals surface area contributed by atoms with Crippen molar-refractivity contribution in [1.29, 1.82) is 0 Å². The summed E-state index contributed by atoms with van der Waals surface area (Å²) in [5.41, 5.74) is 6.69. The molecule has 0 aromatic carbocycles. The van der Waals surface area contributed by atoms with Crippen molar-refractivity contribution < 1.29 is 4.79 Å². The van der Waals surface area contributed by atoms with Gasteiger partial charge in [-0.2, -0.15) is 0 Å². The van der Waals surface area contributed by atoms with Gasteiger partial charge in [-0.3, -0.25) is 4.79 Å². The number of aryl methyl sites for hydroxylation is 1. The van der Waals surface area contributed by atoms with E-state index in [-0.39, 0.29) is 12.5 Å². The molecule has 1 heterocycles. The summed E-state index contributed by atoms with van der Waals surface area (Å²) in [4.78, 5) is 16.9. The van der Waals surface area contributed by atoms with Crippen molar-refractivity contribution >= 4 is 17.2 Å². The van der Waals surface area contributed by atoms with Gasteiger partial charge < -0.3 is 15.5 Å². The van der Waals surface area contributed by atoms with E-state index in [2.05, 4.69) is 23.3 Å². The number of rotatable bonds is 6. The molecule has 1 rings (SSSR count). The first-order valence-corrected chi connectivity index (χ1v) is 6.58. The molecular weight excluding hydrogens is 234 g/mol. The lowest BCUT2D eigenvalue weighted by Crippen LogP contribution is -2.39. The van der Waals surface area contributed by atoms with E-state index < -0.39 is 0 Å². The Morgan fingerprint density at radius 1 is 1.41 bits per heavy atom. The molecule has 0 atom stereocenters. The number of hydrogen-bond acceptors (Lipinski definition) is 4. The van der Waals surface area contributed by atoms with Crippen LogP contribution in [0.15, 0.2) is 11.4 Å². The fourth-order valence-corrected chi connectivity index (χ4v) is 2.40. The minimum Gasteiger partial charge on any atom is -0.335 e. The van der Waals surface area contributed by atoms with Gasteiger partial charge in [0.1, 0.15) is 0 Å². The van der Waals surface area contributed by atoms with Crippen molar-refractivity contribution in [2.45, 2.75) is 13.5 Å². The standard InChI is InChI=1S/C12H21N3OS/c1-10-4-7-17-11(10)9-15(12(16)8-13)6-5-14(2)3/h4,7H,5-6,8-9,13H2,1-3H3. The summed E-state index contributed by atoms with van der Waals surface area (Å²) in [5, 5.41) is 2.06. The zero-order valence-corrected chi connectivity index (χ0v) is 11.6. The molecule has 1 amide bonds. The highest BCUT2D eigenvalue weighted by Gasteiger charge is 2.14. The van der Waals surface area contributed by atoms with Crippen molar-refractivity contribution in [3.63, 3.8) is 0 Å². The van der Waals surface area contributed by atoms with Crippen LogP contribution in [0.5, 0.6) is 0 Å². The predicted octanol–water partition coefficient (Wildman–Crippen LogP) is 0.905. The summed E-state index contributed by atoms with van der Waals surface area (Å²) < 4.78 is 0. The number of likely N-dealkylation sites (N-methyl/N-ethyl adjacent to an activating group) is 1. The van der Waals surface area contributed by atoms with Gasteiger partial charge in [-0.1, -0.05) is 0 Å². The minimum atomic E-state index is 0.0136. The molecule has 96 valence electrons. The number of nitrogens with two attached hydrogens (primary N) is 1. The molecule has 0 spiro atoms. The zero-order valence-electron chi connectivity index (χ0n) is 10.8. The third kappa shape index (κ3) is 4.46. The van der Waals surface area contributed by atoms with Gasteiger partial charge >= 0.3 is 0 Å². The second-order valence-electron chi connectivity index (χ2n) is 4.35. The molecule has 0 unspecified atom stereocenters. The normalized spacial score (nSPS) is 10.9. The number of amides is 1.